The Labute approximate surface area is 398 Å². The maximum absolute atomic E-state index is 2.61. The van der Waals surface area contributed by atoms with Gasteiger partial charge in [-0.2, -0.15) is 0 Å². The summed E-state index contributed by atoms with van der Waals surface area (Å²) in [6, 6.07) is 52.3. The topological polar surface area (TPSA) is 0 Å². The molecule has 0 N–H and O–H groups in total. The zero-order chi connectivity index (χ0) is 48.1. The van der Waals surface area contributed by atoms with Crippen molar-refractivity contribution in [3.05, 3.63) is 167 Å². The van der Waals surface area contributed by atoms with E-state index in [9.17, 15) is 0 Å². The lowest BCUT2D eigenvalue weighted by Crippen LogP contribution is -2.22. The van der Waals surface area contributed by atoms with Crippen molar-refractivity contribution in [2.24, 2.45) is 0 Å². The molecule has 0 saturated heterocycles. The van der Waals surface area contributed by atoms with Crippen LogP contribution in [0.15, 0.2) is 133 Å². The van der Waals surface area contributed by atoms with E-state index in [-0.39, 0.29) is 32.5 Å². The van der Waals surface area contributed by atoms with Crippen LogP contribution in [0.25, 0.3) is 76.8 Å². The van der Waals surface area contributed by atoms with Crippen LogP contribution in [0.5, 0.6) is 0 Å². The first-order valence-corrected chi connectivity index (χ1v) is 24.5. The first-order valence-electron chi connectivity index (χ1n) is 24.5. The molecular formula is C66H76. The van der Waals surface area contributed by atoms with Gasteiger partial charge in [0, 0.05) is 0 Å². The fourth-order valence-corrected chi connectivity index (χ4v) is 10.5. The SMILES string of the molecule is CC(C)(C)c1ccc(-c2c3cc(C(C)(C)C)c(C(C)(C)C)cc3c(-c3ccccc3)c3c(-c4ccc(C(C)(C)C)cc4)c4cc(C(C)(C)C)c(C(C)(C)C)cc4c(-c4ccccc4)c23)cc1. The largest absolute Gasteiger partial charge is 0.0622 e. The van der Waals surface area contributed by atoms with Crippen molar-refractivity contribution >= 4 is 32.3 Å². The summed E-state index contributed by atoms with van der Waals surface area (Å²) < 4.78 is 0. The Morgan fingerprint density at radius 1 is 0.227 bits per heavy atom. The van der Waals surface area contributed by atoms with Gasteiger partial charge in [0.15, 0.2) is 0 Å². The minimum absolute atomic E-state index is 0.0206. The van der Waals surface area contributed by atoms with Gasteiger partial charge in [-0.3, -0.25) is 0 Å². The van der Waals surface area contributed by atoms with Gasteiger partial charge in [0.05, 0.1) is 0 Å². The summed E-state index contributed by atoms with van der Waals surface area (Å²) >= 11 is 0. The maximum Gasteiger partial charge on any atom is -0.000139 e. The van der Waals surface area contributed by atoms with Crippen LogP contribution in [-0.2, 0) is 32.5 Å². The third-order valence-electron chi connectivity index (χ3n) is 14.1. The van der Waals surface area contributed by atoms with Gasteiger partial charge in [-0.05, 0) is 167 Å². The Balaban J connectivity index is 1.82. The van der Waals surface area contributed by atoms with E-state index >= 15 is 0 Å². The van der Waals surface area contributed by atoms with Crippen LogP contribution in [0.4, 0.5) is 0 Å². The van der Waals surface area contributed by atoms with Gasteiger partial charge in [-0.1, -0.05) is 234 Å². The highest BCUT2D eigenvalue weighted by molar-refractivity contribution is 6.34. The fourth-order valence-electron chi connectivity index (χ4n) is 10.5. The van der Waals surface area contributed by atoms with E-state index in [2.05, 4.69) is 258 Å². The van der Waals surface area contributed by atoms with Crippen molar-refractivity contribution < 1.29 is 0 Å². The van der Waals surface area contributed by atoms with Crippen molar-refractivity contribution in [2.45, 2.75) is 157 Å². The van der Waals surface area contributed by atoms with Crippen LogP contribution in [-0.4, -0.2) is 0 Å². The summed E-state index contributed by atoms with van der Waals surface area (Å²) in [6.45, 7) is 42.6. The minimum atomic E-state index is -0.0946. The molecule has 0 aromatic heterocycles. The van der Waals surface area contributed by atoms with Crippen molar-refractivity contribution in [3.8, 4) is 44.5 Å². The van der Waals surface area contributed by atoms with E-state index in [1.54, 1.807) is 0 Å². The van der Waals surface area contributed by atoms with Crippen molar-refractivity contribution in [3.63, 3.8) is 0 Å². The molecule has 0 spiro atoms. The van der Waals surface area contributed by atoms with Crippen LogP contribution in [0.1, 0.15) is 158 Å². The summed E-state index contributed by atoms with van der Waals surface area (Å²) in [5.74, 6) is 0. The average molecular weight is 869 g/mol. The normalized spacial score (nSPS) is 13.3. The Bertz CT molecular complexity index is 2880. The molecule has 66 heavy (non-hydrogen) atoms. The van der Waals surface area contributed by atoms with E-state index < -0.39 is 0 Å². The van der Waals surface area contributed by atoms with Gasteiger partial charge in [-0.15, -0.1) is 0 Å². The van der Waals surface area contributed by atoms with Crippen molar-refractivity contribution in [1.82, 2.24) is 0 Å². The number of hydrogen-bond acceptors (Lipinski definition) is 0. The molecule has 0 heteroatoms. The van der Waals surface area contributed by atoms with E-state index in [4.69, 9.17) is 0 Å². The minimum Gasteiger partial charge on any atom is -0.0622 e. The molecule has 340 valence electrons. The van der Waals surface area contributed by atoms with Crippen molar-refractivity contribution in [1.29, 1.82) is 0 Å². The summed E-state index contributed by atoms with van der Waals surface area (Å²) in [7, 11) is 0. The van der Waals surface area contributed by atoms with E-state index in [0.717, 1.165) is 0 Å². The van der Waals surface area contributed by atoms with Crippen LogP contribution in [0, 0.1) is 0 Å². The highest BCUT2D eigenvalue weighted by Crippen LogP contribution is 2.56. The molecule has 0 fully saturated rings. The third kappa shape index (κ3) is 8.55. The lowest BCUT2D eigenvalue weighted by molar-refractivity contribution is 0.531. The predicted molar refractivity (Wildman–Crippen MR) is 293 cm³/mol. The van der Waals surface area contributed by atoms with Gasteiger partial charge in [0.2, 0.25) is 0 Å². The van der Waals surface area contributed by atoms with Crippen LogP contribution < -0.4 is 0 Å². The second kappa shape index (κ2) is 16.1. The highest BCUT2D eigenvalue weighted by Gasteiger charge is 2.33. The third-order valence-corrected chi connectivity index (χ3v) is 14.1. The van der Waals surface area contributed by atoms with Crippen molar-refractivity contribution in [2.75, 3.05) is 0 Å². The highest BCUT2D eigenvalue weighted by atomic mass is 14.4. The summed E-state index contributed by atoms with van der Waals surface area (Å²) in [5.41, 5.74) is 18.1. The zero-order valence-corrected chi connectivity index (χ0v) is 43.7. The maximum atomic E-state index is 2.61. The molecule has 0 unspecified atom stereocenters. The molecule has 8 rings (SSSR count). The smallest absolute Gasteiger partial charge is 0.000139 e. The Morgan fingerprint density at radius 2 is 0.439 bits per heavy atom. The van der Waals surface area contributed by atoms with Gasteiger partial charge in [0.25, 0.3) is 0 Å². The monoisotopic (exact) mass is 869 g/mol. The lowest BCUT2D eigenvalue weighted by Gasteiger charge is -2.34. The Morgan fingerprint density at radius 3 is 0.636 bits per heavy atom. The quantitative estimate of drug-likeness (QED) is 0.155. The number of fused-ring (bicyclic) bond motifs is 3. The number of benzene rings is 8. The molecule has 0 nitrogen and oxygen atoms in total. The molecule has 0 radical (unpaired) electrons. The Hall–Kier alpha value is -5.46. The summed E-state index contributed by atoms with van der Waals surface area (Å²) in [5, 5.41) is 7.83. The Kier molecular flexibility index (Phi) is 11.5. The van der Waals surface area contributed by atoms with Gasteiger partial charge in [0.1, 0.15) is 0 Å². The van der Waals surface area contributed by atoms with Crippen LogP contribution in [0.3, 0.4) is 0 Å². The van der Waals surface area contributed by atoms with E-state index in [1.807, 2.05) is 0 Å². The van der Waals surface area contributed by atoms with Gasteiger partial charge < -0.3 is 0 Å². The molecule has 0 bridgehead atoms. The molecule has 0 heterocycles. The molecule has 0 saturated carbocycles. The first-order chi connectivity index (χ1) is 30.6. The van der Waals surface area contributed by atoms with Crippen LogP contribution in [0.2, 0.25) is 0 Å². The average Bonchev–Trinajstić information content (AvgIpc) is 3.22. The second-order valence-electron chi connectivity index (χ2n) is 25.5. The molecule has 0 aliphatic rings. The number of rotatable bonds is 4. The van der Waals surface area contributed by atoms with Gasteiger partial charge >= 0.3 is 0 Å². The predicted octanol–water partition coefficient (Wildman–Crippen LogP) is 19.6. The zero-order valence-electron chi connectivity index (χ0n) is 43.7. The molecule has 8 aromatic rings. The fraction of sp³-hybridized carbons (Fsp3) is 0.364. The summed E-state index contributed by atoms with van der Waals surface area (Å²) in [6.07, 6.45) is 0. The molecule has 0 aliphatic heterocycles. The molecule has 0 atom stereocenters. The molecular weight excluding hydrogens is 793 g/mol. The second-order valence-corrected chi connectivity index (χ2v) is 25.5. The van der Waals surface area contributed by atoms with E-state index in [0.29, 0.717) is 0 Å². The standard InChI is InChI=1S/C66H76/c1-61(2,3)45-33-29-43(30-34-45)57-49-39-53(65(13,14)15)51(63(7,8)9)37-47(49)56(42-27-23-20-24-28-42)60-58(44-31-35-46(36-32-44)62(4,5)6)50-40-54(66(16,17)18)52(64(10,11)12)38-48(50)55(59(57)60)41-25-21-19-22-26-41/h19-40H,1-18H3. The summed E-state index contributed by atoms with van der Waals surface area (Å²) in [4.78, 5) is 0. The first kappa shape index (κ1) is 47.0. The van der Waals surface area contributed by atoms with Crippen LogP contribution >= 0.6 is 0 Å². The van der Waals surface area contributed by atoms with Gasteiger partial charge in [-0.25, -0.2) is 0 Å². The lowest BCUT2D eigenvalue weighted by atomic mass is 9.70. The van der Waals surface area contributed by atoms with E-state index in [1.165, 1.54) is 110 Å². The molecule has 8 aromatic carbocycles. The number of hydrogen-bond donors (Lipinski definition) is 0. The molecule has 0 aliphatic carbocycles. The molecule has 0 amide bonds.